The molecule has 0 unspecified atom stereocenters. The second kappa shape index (κ2) is 4.76. The van der Waals surface area contributed by atoms with Gasteiger partial charge in [0.15, 0.2) is 0 Å². The van der Waals surface area contributed by atoms with E-state index in [1.54, 1.807) is 0 Å². The molecule has 11 heavy (non-hydrogen) atoms. The molecule has 5 heteroatoms. The summed E-state index contributed by atoms with van der Waals surface area (Å²) < 4.78 is 39.0. The third-order valence-electron chi connectivity index (χ3n) is 0.667. The van der Waals surface area contributed by atoms with Gasteiger partial charge in [0, 0.05) is 0 Å². The van der Waals surface area contributed by atoms with Crippen molar-refractivity contribution in [1.82, 2.24) is 0 Å². The summed E-state index contributed by atoms with van der Waals surface area (Å²) in [5.41, 5.74) is 0. The highest BCUT2D eigenvalue weighted by atomic mass is 19.5. The number of benzene rings is 1. The van der Waals surface area contributed by atoms with Crippen LogP contribution in [-0.2, 0) is 0 Å². The van der Waals surface area contributed by atoms with Crippen molar-refractivity contribution < 1.29 is 17.3 Å². The second-order valence-corrected chi connectivity index (χ2v) is 1.65. The highest BCUT2D eigenvalue weighted by molar-refractivity contribution is 6.50. The monoisotopic (exact) mass is 165 g/mol. The molecule has 0 atom stereocenters. The molecule has 0 aliphatic heterocycles. The molecule has 1 rings (SSSR count). The van der Waals surface area contributed by atoms with Gasteiger partial charge >= 0.3 is 7.25 Å². The molecule has 0 spiro atoms. The lowest BCUT2D eigenvalue weighted by molar-refractivity contribution is 0.368. The Morgan fingerprint density at radius 1 is 0.545 bits per heavy atom. The summed E-state index contributed by atoms with van der Waals surface area (Å²) in [6.45, 7) is 0. The Balaban J connectivity index is 0.000000187. The van der Waals surface area contributed by atoms with E-state index in [2.05, 4.69) is 0 Å². The summed E-state index contributed by atoms with van der Waals surface area (Å²) in [7, 11) is -6.00. The largest absolute Gasteiger partial charge is 0.673 e. The molecule has 0 aliphatic rings. The van der Waals surface area contributed by atoms with E-state index in [4.69, 9.17) is 0 Å². The van der Waals surface area contributed by atoms with E-state index in [0.29, 0.717) is 0 Å². The fourth-order valence-electron chi connectivity index (χ4n) is 0.385. The van der Waals surface area contributed by atoms with E-state index in [1.165, 1.54) is 0 Å². The van der Waals surface area contributed by atoms with Gasteiger partial charge in [-0.25, -0.2) is 0 Å². The van der Waals surface area contributed by atoms with Crippen molar-refractivity contribution >= 4 is 7.25 Å². The summed E-state index contributed by atoms with van der Waals surface area (Å²) in [6, 6.07) is 12.0. The van der Waals surface area contributed by atoms with Crippen molar-refractivity contribution in [3.05, 3.63) is 36.4 Å². The zero-order valence-corrected chi connectivity index (χ0v) is 5.55. The van der Waals surface area contributed by atoms with Gasteiger partial charge < -0.3 is 17.3 Å². The predicted molar refractivity (Wildman–Crippen MR) is 36.6 cm³/mol. The first-order valence-corrected chi connectivity index (χ1v) is 2.87. The third kappa shape index (κ3) is 17.6. The quantitative estimate of drug-likeness (QED) is 0.409. The molecule has 0 amide bonds. The Hall–Kier alpha value is -0.995. The van der Waals surface area contributed by atoms with Crippen molar-refractivity contribution in [2.45, 2.75) is 0 Å². The van der Waals surface area contributed by atoms with Crippen LogP contribution in [0.1, 0.15) is 0 Å². The maximum atomic E-state index is 9.75. The van der Waals surface area contributed by atoms with Crippen molar-refractivity contribution in [3.63, 3.8) is 0 Å². The van der Waals surface area contributed by atoms with Crippen molar-refractivity contribution in [2.24, 2.45) is 0 Å². The predicted octanol–water partition coefficient (Wildman–Crippen LogP) is 2.99. The van der Waals surface area contributed by atoms with Gasteiger partial charge in [0.05, 0.1) is 0 Å². The normalized spacial score (nSPS) is 9.82. The van der Waals surface area contributed by atoms with Gasteiger partial charge in [0.1, 0.15) is 0 Å². The first-order chi connectivity index (χ1) is 5.00. The zero-order chi connectivity index (χ0) is 8.74. The van der Waals surface area contributed by atoms with Gasteiger partial charge in [-0.15, -0.1) is 0 Å². The molecule has 0 saturated carbocycles. The SMILES string of the molecule is F[B-](F)(F)F.c1ccccc1. The van der Waals surface area contributed by atoms with E-state index in [9.17, 15) is 17.3 Å². The average molecular weight is 165 g/mol. The fourth-order valence-corrected chi connectivity index (χ4v) is 0.385. The van der Waals surface area contributed by atoms with Gasteiger partial charge in [-0.05, 0) is 0 Å². The first kappa shape index (κ1) is 10.0. The minimum absolute atomic E-state index is 2.00. The standard InChI is InChI=1S/C6H6.BF4/c1-2-4-6-5-3-1;2-1(3,4)5/h1-6H;/q;-1. The molecule has 0 aliphatic carbocycles. The summed E-state index contributed by atoms with van der Waals surface area (Å²) in [5, 5.41) is 0. The molecule has 0 aromatic heterocycles. The van der Waals surface area contributed by atoms with Gasteiger partial charge in [-0.2, -0.15) is 0 Å². The lowest BCUT2D eigenvalue weighted by atomic mass is 10.3. The van der Waals surface area contributed by atoms with E-state index >= 15 is 0 Å². The molecule has 0 saturated heterocycles. The molecule has 1 aromatic carbocycles. The van der Waals surface area contributed by atoms with Crippen LogP contribution < -0.4 is 0 Å². The maximum Gasteiger partial charge on any atom is 0.673 e. The lowest BCUT2D eigenvalue weighted by Crippen LogP contribution is -2.02. The van der Waals surface area contributed by atoms with Crippen LogP contribution in [0.4, 0.5) is 17.3 Å². The summed E-state index contributed by atoms with van der Waals surface area (Å²) in [4.78, 5) is 0. The Bertz CT molecular complexity index is 139. The number of hydrogen-bond donors (Lipinski definition) is 0. The maximum absolute atomic E-state index is 9.75. The third-order valence-corrected chi connectivity index (χ3v) is 0.667. The van der Waals surface area contributed by atoms with E-state index in [-0.39, 0.29) is 0 Å². The summed E-state index contributed by atoms with van der Waals surface area (Å²) in [6.07, 6.45) is 0. The van der Waals surface area contributed by atoms with Crippen LogP contribution in [0.2, 0.25) is 0 Å². The molecule has 0 bridgehead atoms. The number of hydrogen-bond acceptors (Lipinski definition) is 0. The highest BCUT2D eigenvalue weighted by Crippen LogP contribution is 2.06. The molecule has 0 fully saturated rings. The van der Waals surface area contributed by atoms with Crippen LogP contribution in [-0.4, -0.2) is 7.25 Å². The van der Waals surface area contributed by atoms with Crippen LogP contribution >= 0.6 is 0 Å². The van der Waals surface area contributed by atoms with Gasteiger partial charge in [-0.1, -0.05) is 36.4 Å². The molecule has 1 aromatic rings. The van der Waals surface area contributed by atoms with Crippen LogP contribution in [0.5, 0.6) is 0 Å². The fraction of sp³-hybridized carbons (Fsp3) is 0. The van der Waals surface area contributed by atoms with Gasteiger partial charge in [0.2, 0.25) is 0 Å². The topological polar surface area (TPSA) is 0 Å². The van der Waals surface area contributed by atoms with Gasteiger partial charge in [-0.3, -0.25) is 0 Å². The smallest absolute Gasteiger partial charge is 0.418 e. The van der Waals surface area contributed by atoms with Crippen LogP contribution in [0.15, 0.2) is 36.4 Å². The van der Waals surface area contributed by atoms with Crippen molar-refractivity contribution in [1.29, 1.82) is 0 Å². The molecule has 0 N–H and O–H groups in total. The van der Waals surface area contributed by atoms with E-state index < -0.39 is 7.25 Å². The average Bonchev–Trinajstić information content (AvgIpc) is 1.88. The molecule has 0 heterocycles. The van der Waals surface area contributed by atoms with Gasteiger partial charge in [0.25, 0.3) is 0 Å². The highest BCUT2D eigenvalue weighted by Gasteiger charge is 2.20. The minimum Gasteiger partial charge on any atom is -0.418 e. The Kier molecular flexibility index (Phi) is 4.33. The lowest BCUT2D eigenvalue weighted by Gasteiger charge is -1.94. The minimum atomic E-state index is -6.00. The summed E-state index contributed by atoms with van der Waals surface area (Å²) in [5.74, 6) is 0. The van der Waals surface area contributed by atoms with E-state index in [1.807, 2.05) is 36.4 Å². The van der Waals surface area contributed by atoms with Crippen LogP contribution in [0, 0.1) is 0 Å². The van der Waals surface area contributed by atoms with Crippen LogP contribution in [0.3, 0.4) is 0 Å². The second-order valence-electron chi connectivity index (χ2n) is 1.65. The molecule has 0 nitrogen and oxygen atoms in total. The first-order valence-electron chi connectivity index (χ1n) is 2.87. The summed E-state index contributed by atoms with van der Waals surface area (Å²) >= 11 is 0. The molecular weight excluding hydrogens is 159 g/mol. The van der Waals surface area contributed by atoms with Crippen LogP contribution in [0.25, 0.3) is 0 Å². The Morgan fingerprint density at radius 2 is 0.636 bits per heavy atom. The molecule has 62 valence electrons. The van der Waals surface area contributed by atoms with E-state index in [0.717, 1.165) is 0 Å². The van der Waals surface area contributed by atoms with Crippen molar-refractivity contribution in [2.75, 3.05) is 0 Å². The Labute approximate surface area is 62.0 Å². The van der Waals surface area contributed by atoms with Crippen molar-refractivity contribution in [3.8, 4) is 0 Å². The molecular formula is C6H6BF4-. The Morgan fingerprint density at radius 3 is 0.727 bits per heavy atom. The number of rotatable bonds is 0. The zero-order valence-electron chi connectivity index (χ0n) is 5.55. The molecule has 0 radical (unpaired) electrons. The number of halogens is 4.